The number of ether oxygens (including phenoxy) is 1. The second-order valence-corrected chi connectivity index (χ2v) is 6.15. The molecule has 0 aliphatic carbocycles. The number of hydrogen-bond donors (Lipinski definition) is 2. The van der Waals surface area contributed by atoms with Crippen molar-refractivity contribution in [3.63, 3.8) is 0 Å². The Morgan fingerprint density at radius 2 is 1.81 bits per heavy atom. The van der Waals surface area contributed by atoms with Crippen molar-refractivity contribution in [1.82, 2.24) is 9.97 Å². The summed E-state index contributed by atoms with van der Waals surface area (Å²) in [7, 11) is 1.58. The highest BCUT2D eigenvalue weighted by Gasteiger charge is 2.13. The molecular weight excluding hydrogens is 340 g/mol. The Morgan fingerprint density at radius 3 is 2.56 bits per heavy atom. The van der Waals surface area contributed by atoms with E-state index in [4.69, 9.17) is 4.74 Å². The van der Waals surface area contributed by atoms with Gasteiger partial charge in [-0.1, -0.05) is 36.4 Å². The van der Waals surface area contributed by atoms with E-state index in [-0.39, 0.29) is 11.9 Å². The van der Waals surface area contributed by atoms with Gasteiger partial charge in [-0.25, -0.2) is 9.97 Å². The summed E-state index contributed by atoms with van der Waals surface area (Å²) in [5, 5.41) is 6.16. The van der Waals surface area contributed by atoms with Gasteiger partial charge in [0.25, 0.3) is 5.91 Å². The topological polar surface area (TPSA) is 76.1 Å². The van der Waals surface area contributed by atoms with E-state index in [1.165, 1.54) is 0 Å². The molecule has 0 aliphatic heterocycles. The molecule has 6 nitrogen and oxygen atoms in total. The zero-order chi connectivity index (χ0) is 19.2. The summed E-state index contributed by atoms with van der Waals surface area (Å²) in [6.07, 6.45) is 0. The SMILES string of the molecule is COc1cccc(NC(=O)c2cc(NC(C)c3ccccc3)nc(C)n2)c1. The molecule has 2 aromatic carbocycles. The first-order valence-corrected chi connectivity index (χ1v) is 8.68. The third-order valence-electron chi connectivity index (χ3n) is 4.06. The zero-order valence-corrected chi connectivity index (χ0v) is 15.6. The van der Waals surface area contributed by atoms with Crippen molar-refractivity contribution < 1.29 is 9.53 Å². The average Bonchev–Trinajstić information content (AvgIpc) is 2.68. The molecule has 3 aromatic rings. The Bertz CT molecular complexity index is 928. The largest absolute Gasteiger partial charge is 0.497 e. The summed E-state index contributed by atoms with van der Waals surface area (Å²) in [5.41, 5.74) is 2.08. The number of nitrogens with zero attached hydrogens (tertiary/aromatic N) is 2. The van der Waals surface area contributed by atoms with Gasteiger partial charge in [0.15, 0.2) is 0 Å². The number of aryl methyl sites for hydroxylation is 1. The third kappa shape index (κ3) is 4.82. The maximum absolute atomic E-state index is 12.6. The van der Waals surface area contributed by atoms with Gasteiger partial charge >= 0.3 is 0 Å². The van der Waals surface area contributed by atoms with E-state index in [0.29, 0.717) is 28.8 Å². The number of methoxy groups -OCH3 is 1. The number of rotatable bonds is 6. The lowest BCUT2D eigenvalue weighted by Gasteiger charge is -2.16. The molecule has 3 rings (SSSR count). The van der Waals surface area contributed by atoms with Crippen molar-refractivity contribution in [3.8, 4) is 5.75 Å². The number of carbonyl (C=O) groups is 1. The number of aromatic nitrogens is 2. The van der Waals surface area contributed by atoms with Crippen LogP contribution in [0.3, 0.4) is 0 Å². The standard InChI is InChI=1S/C21H22N4O2/c1-14(16-8-5-4-6-9-16)22-20-13-19(23-15(2)24-20)21(26)25-17-10-7-11-18(12-17)27-3/h4-14H,1-3H3,(H,25,26)(H,22,23,24). The van der Waals surface area contributed by atoms with E-state index in [9.17, 15) is 4.79 Å². The second kappa shape index (κ2) is 8.31. The molecular formula is C21H22N4O2. The lowest BCUT2D eigenvalue weighted by atomic mass is 10.1. The Hall–Kier alpha value is -3.41. The molecule has 0 saturated heterocycles. The molecule has 27 heavy (non-hydrogen) atoms. The smallest absolute Gasteiger partial charge is 0.274 e. The fourth-order valence-corrected chi connectivity index (χ4v) is 2.70. The number of amides is 1. The first kappa shape index (κ1) is 18.4. The lowest BCUT2D eigenvalue weighted by Crippen LogP contribution is -2.16. The van der Waals surface area contributed by atoms with Gasteiger partial charge in [0.05, 0.1) is 7.11 Å². The normalized spacial score (nSPS) is 11.5. The van der Waals surface area contributed by atoms with Gasteiger partial charge in [0, 0.05) is 23.9 Å². The van der Waals surface area contributed by atoms with Crippen molar-refractivity contribution in [3.05, 3.63) is 77.7 Å². The van der Waals surface area contributed by atoms with Gasteiger partial charge in [-0.3, -0.25) is 4.79 Å². The molecule has 1 atom stereocenters. The number of nitrogens with one attached hydrogen (secondary N) is 2. The van der Waals surface area contributed by atoms with E-state index in [1.807, 2.05) is 49.4 Å². The molecule has 1 unspecified atom stereocenters. The highest BCUT2D eigenvalue weighted by Crippen LogP contribution is 2.20. The fraction of sp³-hybridized carbons (Fsp3) is 0.190. The molecule has 0 aliphatic rings. The van der Waals surface area contributed by atoms with Crippen LogP contribution in [-0.2, 0) is 0 Å². The maximum atomic E-state index is 12.6. The van der Waals surface area contributed by atoms with E-state index >= 15 is 0 Å². The Balaban J connectivity index is 1.77. The maximum Gasteiger partial charge on any atom is 0.274 e. The monoisotopic (exact) mass is 362 g/mol. The van der Waals surface area contributed by atoms with Gasteiger partial charge in [-0.2, -0.15) is 0 Å². The number of anilines is 2. The minimum atomic E-state index is -0.302. The summed E-state index contributed by atoms with van der Waals surface area (Å²) in [5.74, 6) is 1.50. The van der Waals surface area contributed by atoms with Gasteiger partial charge < -0.3 is 15.4 Å². The number of benzene rings is 2. The third-order valence-corrected chi connectivity index (χ3v) is 4.06. The van der Waals surface area contributed by atoms with Crippen LogP contribution in [-0.4, -0.2) is 23.0 Å². The highest BCUT2D eigenvalue weighted by molar-refractivity contribution is 6.03. The van der Waals surface area contributed by atoms with Crippen molar-refractivity contribution in [2.24, 2.45) is 0 Å². The van der Waals surface area contributed by atoms with E-state index in [2.05, 4.69) is 20.6 Å². The second-order valence-electron chi connectivity index (χ2n) is 6.15. The lowest BCUT2D eigenvalue weighted by molar-refractivity contribution is 0.102. The molecule has 0 saturated carbocycles. The average molecular weight is 362 g/mol. The number of hydrogen-bond acceptors (Lipinski definition) is 5. The van der Waals surface area contributed by atoms with Crippen molar-refractivity contribution >= 4 is 17.4 Å². The quantitative estimate of drug-likeness (QED) is 0.687. The van der Waals surface area contributed by atoms with Crippen LogP contribution in [0.4, 0.5) is 11.5 Å². The first-order chi connectivity index (χ1) is 13.0. The molecule has 1 heterocycles. The predicted octanol–water partition coefficient (Wildman–Crippen LogP) is 4.22. The van der Waals surface area contributed by atoms with Gasteiger partial charge in [-0.15, -0.1) is 0 Å². The van der Waals surface area contributed by atoms with Crippen LogP contribution in [0.1, 0.15) is 34.8 Å². The molecule has 138 valence electrons. The molecule has 2 N–H and O–H groups in total. The van der Waals surface area contributed by atoms with Crippen molar-refractivity contribution in [2.45, 2.75) is 19.9 Å². The molecule has 1 aromatic heterocycles. The summed E-state index contributed by atoms with van der Waals surface area (Å²) < 4.78 is 5.18. The van der Waals surface area contributed by atoms with Crippen LogP contribution in [0.15, 0.2) is 60.7 Å². The summed E-state index contributed by atoms with van der Waals surface area (Å²) in [4.78, 5) is 21.3. The Morgan fingerprint density at radius 1 is 1.04 bits per heavy atom. The van der Waals surface area contributed by atoms with E-state index in [0.717, 1.165) is 5.56 Å². The predicted molar refractivity (Wildman–Crippen MR) is 106 cm³/mol. The van der Waals surface area contributed by atoms with Gasteiger partial charge in [0.1, 0.15) is 23.1 Å². The summed E-state index contributed by atoms with van der Waals surface area (Å²) in [6.45, 7) is 3.81. The fourth-order valence-electron chi connectivity index (χ4n) is 2.70. The molecule has 0 radical (unpaired) electrons. The van der Waals surface area contributed by atoms with E-state index in [1.54, 1.807) is 32.2 Å². The van der Waals surface area contributed by atoms with Crippen LogP contribution in [0, 0.1) is 6.92 Å². The number of carbonyl (C=O) groups excluding carboxylic acids is 1. The molecule has 1 amide bonds. The highest BCUT2D eigenvalue weighted by atomic mass is 16.5. The van der Waals surface area contributed by atoms with Crippen molar-refractivity contribution in [2.75, 3.05) is 17.7 Å². The minimum Gasteiger partial charge on any atom is -0.497 e. The Labute approximate surface area is 158 Å². The molecule has 0 fully saturated rings. The Kier molecular flexibility index (Phi) is 5.66. The van der Waals surface area contributed by atoms with Crippen LogP contribution in [0.25, 0.3) is 0 Å². The molecule has 0 bridgehead atoms. The summed E-state index contributed by atoms with van der Waals surface area (Å²) in [6, 6.07) is 18.9. The van der Waals surface area contributed by atoms with Crippen LogP contribution >= 0.6 is 0 Å². The minimum absolute atomic E-state index is 0.0507. The van der Waals surface area contributed by atoms with E-state index < -0.39 is 0 Å². The van der Waals surface area contributed by atoms with Gasteiger partial charge in [0.2, 0.25) is 0 Å². The molecule has 6 heteroatoms. The zero-order valence-electron chi connectivity index (χ0n) is 15.6. The van der Waals surface area contributed by atoms with Crippen LogP contribution < -0.4 is 15.4 Å². The first-order valence-electron chi connectivity index (χ1n) is 8.68. The molecule has 0 spiro atoms. The van der Waals surface area contributed by atoms with Crippen LogP contribution in [0.5, 0.6) is 5.75 Å². The van der Waals surface area contributed by atoms with Crippen molar-refractivity contribution in [1.29, 1.82) is 0 Å². The summed E-state index contributed by atoms with van der Waals surface area (Å²) >= 11 is 0. The van der Waals surface area contributed by atoms with Crippen LogP contribution in [0.2, 0.25) is 0 Å². The van der Waals surface area contributed by atoms with Gasteiger partial charge in [-0.05, 0) is 31.5 Å².